The minimum absolute atomic E-state index is 0.0533. The van der Waals surface area contributed by atoms with Crippen LogP contribution in [0.1, 0.15) is 84.0 Å². The maximum Gasteiger partial charge on any atom is 0.303 e. The zero-order valence-corrected chi connectivity index (χ0v) is 17.5. The van der Waals surface area contributed by atoms with E-state index >= 15 is 0 Å². The van der Waals surface area contributed by atoms with Crippen molar-refractivity contribution in [1.29, 1.82) is 0 Å². The van der Waals surface area contributed by atoms with Crippen molar-refractivity contribution in [2.75, 3.05) is 6.61 Å². The number of ether oxygens (including phenoxy) is 1. The van der Waals surface area contributed by atoms with Crippen LogP contribution in [0.15, 0.2) is 12.2 Å². The fourth-order valence-corrected chi connectivity index (χ4v) is 4.79. The first kappa shape index (κ1) is 23.4. The van der Waals surface area contributed by atoms with Gasteiger partial charge in [-0.15, -0.1) is 0 Å². The van der Waals surface area contributed by atoms with Gasteiger partial charge in [-0.2, -0.15) is 0 Å². The Morgan fingerprint density at radius 1 is 1.18 bits per heavy atom. The summed E-state index contributed by atoms with van der Waals surface area (Å²) in [5, 5.41) is 29.5. The Labute approximate surface area is 170 Å². The summed E-state index contributed by atoms with van der Waals surface area (Å²) >= 11 is 0. The highest BCUT2D eigenvalue weighted by molar-refractivity contribution is 5.66. The van der Waals surface area contributed by atoms with Gasteiger partial charge in [0.15, 0.2) is 0 Å². The summed E-state index contributed by atoms with van der Waals surface area (Å²) in [5.74, 6) is 0.0362. The summed E-state index contributed by atoms with van der Waals surface area (Å²) < 4.78 is 6.10. The van der Waals surface area contributed by atoms with Gasteiger partial charge in [-0.05, 0) is 43.9 Å². The van der Waals surface area contributed by atoms with E-state index in [0.717, 1.165) is 32.1 Å². The first-order valence-corrected chi connectivity index (χ1v) is 11.4. The molecule has 0 amide bonds. The predicted octanol–water partition coefficient (Wildman–Crippen LogP) is 4.31. The molecule has 28 heavy (non-hydrogen) atoms. The first-order chi connectivity index (χ1) is 13.5. The number of aliphatic hydroxyl groups is 2. The van der Waals surface area contributed by atoms with E-state index < -0.39 is 18.2 Å². The van der Waals surface area contributed by atoms with Crippen LogP contribution in [0.25, 0.3) is 0 Å². The average molecular weight is 397 g/mol. The first-order valence-electron chi connectivity index (χ1n) is 11.4. The molecule has 1 heterocycles. The molecular formula is C23H40O5. The molecular weight excluding hydrogens is 356 g/mol. The van der Waals surface area contributed by atoms with Crippen molar-refractivity contribution in [2.24, 2.45) is 17.8 Å². The third-order valence-corrected chi connectivity index (χ3v) is 6.51. The summed E-state index contributed by atoms with van der Waals surface area (Å²) in [7, 11) is 0. The van der Waals surface area contributed by atoms with Gasteiger partial charge in [0.2, 0.25) is 0 Å². The SMILES string of the molecule is CCCCCCC[C@@H](O)/C=C/[C@@H]1[C@H]2CC[C@H](CCCC(=O)O)CO[C@H]2C[C@H]1O. The highest BCUT2D eigenvalue weighted by Gasteiger charge is 2.43. The van der Waals surface area contributed by atoms with Crippen molar-refractivity contribution in [1.82, 2.24) is 0 Å². The molecule has 2 aliphatic rings. The molecule has 0 aromatic carbocycles. The number of unbranched alkanes of at least 4 members (excludes halogenated alkanes) is 4. The number of carboxylic acid groups (broad SMARTS) is 1. The van der Waals surface area contributed by atoms with E-state index in [2.05, 4.69) is 6.92 Å². The van der Waals surface area contributed by atoms with Gasteiger partial charge in [0, 0.05) is 25.4 Å². The summed E-state index contributed by atoms with van der Waals surface area (Å²) in [6, 6.07) is 0. The van der Waals surface area contributed by atoms with Crippen LogP contribution in [0.5, 0.6) is 0 Å². The second kappa shape index (κ2) is 12.6. The fourth-order valence-electron chi connectivity index (χ4n) is 4.79. The average Bonchev–Trinajstić information content (AvgIpc) is 2.82. The molecule has 1 saturated heterocycles. The molecule has 162 valence electrons. The number of hydrogen-bond donors (Lipinski definition) is 3. The lowest BCUT2D eigenvalue weighted by atomic mass is 9.86. The monoisotopic (exact) mass is 396 g/mol. The summed E-state index contributed by atoms with van der Waals surface area (Å²) in [5.41, 5.74) is 0. The number of hydrogen-bond acceptors (Lipinski definition) is 4. The van der Waals surface area contributed by atoms with Gasteiger partial charge >= 0.3 is 5.97 Å². The quantitative estimate of drug-likeness (QED) is 0.338. The number of carbonyl (C=O) groups is 1. The van der Waals surface area contributed by atoms with Crippen LogP contribution in [-0.2, 0) is 9.53 Å². The van der Waals surface area contributed by atoms with Gasteiger partial charge < -0.3 is 20.1 Å². The van der Waals surface area contributed by atoms with Crippen LogP contribution < -0.4 is 0 Å². The van der Waals surface area contributed by atoms with Crippen LogP contribution in [0.2, 0.25) is 0 Å². The van der Waals surface area contributed by atoms with Gasteiger partial charge in [0.05, 0.1) is 18.3 Å². The molecule has 3 N–H and O–H groups in total. The van der Waals surface area contributed by atoms with E-state index in [1.807, 2.05) is 12.2 Å². The molecule has 5 nitrogen and oxygen atoms in total. The van der Waals surface area contributed by atoms with E-state index in [-0.39, 0.29) is 18.4 Å². The zero-order valence-electron chi connectivity index (χ0n) is 17.5. The predicted molar refractivity (Wildman–Crippen MR) is 110 cm³/mol. The molecule has 0 aromatic rings. The minimum atomic E-state index is -0.733. The maximum absolute atomic E-state index is 10.7. The molecule has 1 saturated carbocycles. The van der Waals surface area contributed by atoms with E-state index in [0.29, 0.717) is 31.3 Å². The van der Waals surface area contributed by atoms with Crippen LogP contribution in [0, 0.1) is 17.8 Å². The largest absolute Gasteiger partial charge is 0.481 e. The third kappa shape index (κ3) is 7.84. The molecule has 1 aliphatic carbocycles. The second-order valence-corrected chi connectivity index (χ2v) is 8.80. The second-order valence-electron chi connectivity index (χ2n) is 8.80. The van der Waals surface area contributed by atoms with Crippen molar-refractivity contribution in [3.63, 3.8) is 0 Å². The highest BCUT2D eigenvalue weighted by atomic mass is 16.5. The number of aliphatic carboxylic acids is 1. The molecule has 0 unspecified atom stereocenters. The normalized spacial score (nSPS) is 31.6. The fraction of sp³-hybridized carbons (Fsp3) is 0.870. The number of carboxylic acids is 1. The van der Waals surface area contributed by atoms with Crippen LogP contribution >= 0.6 is 0 Å². The Balaban J connectivity index is 1.77. The Hall–Kier alpha value is -0.910. The summed E-state index contributed by atoms with van der Waals surface area (Å²) in [6.45, 7) is 2.87. The van der Waals surface area contributed by atoms with Crippen molar-refractivity contribution in [3.05, 3.63) is 12.2 Å². The minimum Gasteiger partial charge on any atom is -0.481 e. The lowest BCUT2D eigenvalue weighted by molar-refractivity contribution is -0.137. The van der Waals surface area contributed by atoms with Gasteiger partial charge in [0.25, 0.3) is 0 Å². The van der Waals surface area contributed by atoms with Crippen molar-refractivity contribution in [2.45, 2.75) is 102 Å². The molecule has 0 spiro atoms. The highest BCUT2D eigenvalue weighted by Crippen LogP contribution is 2.42. The van der Waals surface area contributed by atoms with Gasteiger partial charge in [-0.25, -0.2) is 0 Å². The van der Waals surface area contributed by atoms with Gasteiger partial charge in [0.1, 0.15) is 0 Å². The molecule has 0 aromatic heterocycles. The molecule has 0 bridgehead atoms. The molecule has 0 radical (unpaired) electrons. The van der Waals surface area contributed by atoms with E-state index in [1.165, 1.54) is 25.7 Å². The Kier molecular flexibility index (Phi) is 10.5. The Morgan fingerprint density at radius 3 is 2.71 bits per heavy atom. The van der Waals surface area contributed by atoms with Crippen LogP contribution in [-0.4, -0.2) is 46.2 Å². The maximum atomic E-state index is 10.7. The topological polar surface area (TPSA) is 87.0 Å². The third-order valence-electron chi connectivity index (χ3n) is 6.51. The summed E-state index contributed by atoms with van der Waals surface area (Å²) in [4.78, 5) is 10.7. The van der Waals surface area contributed by atoms with E-state index in [4.69, 9.17) is 9.84 Å². The van der Waals surface area contributed by atoms with E-state index in [9.17, 15) is 15.0 Å². The van der Waals surface area contributed by atoms with Crippen molar-refractivity contribution >= 4 is 5.97 Å². The van der Waals surface area contributed by atoms with Crippen molar-refractivity contribution in [3.8, 4) is 0 Å². The van der Waals surface area contributed by atoms with Gasteiger partial charge in [-0.1, -0.05) is 51.2 Å². The molecule has 6 atom stereocenters. The van der Waals surface area contributed by atoms with Crippen molar-refractivity contribution < 1.29 is 24.9 Å². The molecule has 2 rings (SSSR count). The smallest absolute Gasteiger partial charge is 0.303 e. The van der Waals surface area contributed by atoms with Gasteiger partial charge in [-0.3, -0.25) is 4.79 Å². The lowest BCUT2D eigenvalue weighted by Gasteiger charge is -2.21. The number of aliphatic hydroxyl groups excluding tert-OH is 2. The zero-order chi connectivity index (χ0) is 20.4. The Bertz CT molecular complexity index is 478. The summed E-state index contributed by atoms with van der Waals surface area (Å²) in [6.07, 6.45) is 14.4. The number of rotatable bonds is 12. The Morgan fingerprint density at radius 2 is 1.96 bits per heavy atom. The lowest BCUT2D eigenvalue weighted by Crippen LogP contribution is -2.21. The van der Waals surface area contributed by atoms with E-state index in [1.54, 1.807) is 0 Å². The standard InChI is InChI=1S/C23H40O5/c1-2-3-4-5-6-9-18(24)12-14-19-20-13-11-17(8-7-10-23(26)27)16-28-22(20)15-21(19)25/h12,14,17-22,24-25H,2-11,13,15-16H2,1H3,(H,26,27)/b14-12+/t17-,18+,19+,20+,21+,22-/m0/s1. The molecule has 2 fully saturated rings. The molecule has 1 aliphatic heterocycles. The van der Waals surface area contributed by atoms with Crippen LogP contribution in [0.3, 0.4) is 0 Å². The van der Waals surface area contributed by atoms with Crippen LogP contribution in [0.4, 0.5) is 0 Å². The number of fused-ring (bicyclic) bond motifs is 1. The molecule has 5 heteroatoms.